The summed E-state index contributed by atoms with van der Waals surface area (Å²) in [5.41, 5.74) is 0.885. The summed E-state index contributed by atoms with van der Waals surface area (Å²) < 4.78 is 5.13. The minimum atomic E-state index is 0.0544. The number of piperidine rings is 1. The Kier molecular flexibility index (Phi) is 5.19. The first kappa shape index (κ1) is 14.8. The second-order valence-electron chi connectivity index (χ2n) is 5.53. The number of hydrogen-bond donors (Lipinski definition) is 1. The molecule has 0 atom stereocenters. The van der Waals surface area contributed by atoms with Gasteiger partial charge in [-0.3, -0.25) is 0 Å². The number of aromatic nitrogens is 1. The summed E-state index contributed by atoms with van der Waals surface area (Å²) >= 11 is 1.60. The van der Waals surface area contributed by atoms with Gasteiger partial charge in [-0.2, -0.15) is 0 Å². The Hall–Kier alpha value is -0.650. The van der Waals surface area contributed by atoms with E-state index in [9.17, 15) is 5.11 Å². The maximum Gasteiger partial charge on any atom is 0.185 e. The number of aliphatic hydroxyl groups excluding tert-OH is 1. The summed E-state index contributed by atoms with van der Waals surface area (Å²) in [4.78, 5) is 7.91. The molecule has 1 saturated heterocycles. The minimum Gasteiger partial charge on any atom is -0.391 e. The molecule has 1 aromatic heterocycles. The van der Waals surface area contributed by atoms with E-state index >= 15 is 0 Å². The van der Waals surface area contributed by atoms with Gasteiger partial charge in [-0.25, -0.2) is 4.98 Å². The monoisotopic (exact) mass is 284 g/mol. The third kappa shape index (κ3) is 3.46. The first-order valence-electron chi connectivity index (χ1n) is 6.99. The molecule has 0 unspecified atom stereocenters. The summed E-state index contributed by atoms with van der Waals surface area (Å²) in [5, 5.41) is 10.4. The normalized spacial score (nSPS) is 17.4. The molecule has 5 heteroatoms. The van der Waals surface area contributed by atoms with Crippen LogP contribution in [0.1, 0.15) is 37.3 Å². The number of thiazole rings is 1. The van der Waals surface area contributed by atoms with E-state index in [2.05, 4.69) is 23.7 Å². The second kappa shape index (κ2) is 6.68. The van der Waals surface area contributed by atoms with Crippen molar-refractivity contribution in [3.63, 3.8) is 0 Å². The molecule has 0 aliphatic carbocycles. The van der Waals surface area contributed by atoms with E-state index in [1.165, 1.54) is 12.8 Å². The lowest BCUT2D eigenvalue weighted by atomic mass is 9.87. The predicted octanol–water partition coefficient (Wildman–Crippen LogP) is 2.65. The fourth-order valence-corrected chi connectivity index (χ4v) is 3.61. The van der Waals surface area contributed by atoms with E-state index < -0.39 is 0 Å². The Labute approximate surface area is 119 Å². The molecule has 0 amide bonds. The highest BCUT2D eigenvalue weighted by Gasteiger charge is 2.24. The number of anilines is 1. The molecule has 2 heterocycles. The Morgan fingerprint density at radius 2 is 2.11 bits per heavy atom. The van der Waals surface area contributed by atoms with Crippen LogP contribution in [-0.2, 0) is 18.0 Å². The minimum absolute atomic E-state index is 0.0544. The molecule has 4 nitrogen and oxygen atoms in total. The molecule has 0 saturated carbocycles. The van der Waals surface area contributed by atoms with Crippen LogP contribution in [0, 0.1) is 11.8 Å². The summed E-state index contributed by atoms with van der Waals surface area (Å²) in [7, 11) is 1.66. The maximum atomic E-state index is 9.37. The van der Waals surface area contributed by atoms with Gasteiger partial charge in [0.25, 0.3) is 0 Å². The smallest absolute Gasteiger partial charge is 0.185 e. The van der Waals surface area contributed by atoms with Gasteiger partial charge in [-0.1, -0.05) is 25.2 Å². The van der Waals surface area contributed by atoms with E-state index in [-0.39, 0.29) is 6.61 Å². The third-order valence-electron chi connectivity index (χ3n) is 3.94. The summed E-state index contributed by atoms with van der Waals surface area (Å²) in [6.07, 6.45) is 2.48. The molecule has 1 aliphatic rings. The molecule has 19 heavy (non-hydrogen) atoms. The number of rotatable bonds is 5. The average Bonchev–Trinajstić information content (AvgIpc) is 2.82. The Bertz CT molecular complexity index is 398. The standard InChI is InChI=1S/C14H24N2O2S/c1-10(2)11-4-6-16(7-5-11)14-15-12(9-18-3)13(8-17)19-14/h10-11,17H,4-9H2,1-3H3. The molecule has 1 N–H and O–H groups in total. The molecule has 0 spiro atoms. The van der Waals surface area contributed by atoms with Crippen molar-refractivity contribution in [3.05, 3.63) is 10.6 Å². The molecule has 0 bridgehead atoms. The number of methoxy groups -OCH3 is 1. The van der Waals surface area contributed by atoms with Crippen LogP contribution >= 0.6 is 11.3 Å². The van der Waals surface area contributed by atoms with Crippen LogP contribution in [0.2, 0.25) is 0 Å². The van der Waals surface area contributed by atoms with Crippen molar-refractivity contribution in [3.8, 4) is 0 Å². The number of aliphatic hydroxyl groups is 1. The summed E-state index contributed by atoms with van der Waals surface area (Å²) in [6, 6.07) is 0. The van der Waals surface area contributed by atoms with Gasteiger partial charge < -0.3 is 14.7 Å². The van der Waals surface area contributed by atoms with Gasteiger partial charge in [-0.15, -0.1) is 0 Å². The quantitative estimate of drug-likeness (QED) is 0.903. The van der Waals surface area contributed by atoms with Gasteiger partial charge in [0.2, 0.25) is 0 Å². The molecule has 1 fully saturated rings. The molecule has 1 aromatic rings. The number of ether oxygens (including phenoxy) is 1. The molecule has 108 valence electrons. The molecule has 0 radical (unpaired) electrons. The van der Waals surface area contributed by atoms with Crippen molar-refractivity contribution in [2.24, 2.45) is 11.8 Å². The van der Waals surface area contributed by atoms with E-state index in [0.717, 1.165) is 40.6 Å². The second-order valence-corrected chi connectivity index (χ2v) is 6.59. The van der Waals surface area contributed by atoms with Crippen LogP contribution in [0.3, 0.4) is 0 Å². The van der Waals surface area contributed by atoms with Crippen LogP contribution in [0.25, 0.3) is 0 Å². The molecule has 0 aromatic carbocycles. The van der Waals surface area contributed by atoms with Gasteiger partial charge in [0.15, 0.2) is 5.13 Å². The van der Waals surface area contributed by atoms with Gasteiger partial charge in [0.1, 0.15) is 0 Å². The Balaban J connectivity index is 2.03. The van der Waals surface area contributed by atoms with E-state index in [1.54, 1.807) is 18.4 Å². The highest BCUT2D eigenvalue weighted by molar-refractivity contribution is 7.15. The average molecular weight is 284 g/mol. The van der Waals surface area contributed by atoms with Crippen molar-refractivity contribution >= 4 is 16.5 Å². The van der Waals surface area contributed by atoms with Crippen molar-refractivity contribution in [1.82, 2.24) is 4.98 Å². The Morgan fingerprint density at radius 1 is 1.42 bits per heavy atom. The van der Waals surface area contributed by atoms with Crippen molar-refractivity contribution < 1.29 is 9.84 Å². The highest BCUT2D eigenvalue weighted by Crippen LogP contribution is 2.32. The largest absolute Gasteiger partial charge is 0.391 e. The lowest BCUT2D eigenvalue weighted by Gasteiger charge is -2.33. The lowest BCUT2D eigenvalue weighted by Crippen LogP contribution is -2.35. The first-order valence-corrected chi connectivity index (χ1v) is 7.80. The van der Waals surface area contributed by atoms with E-state index in [0.29, 0.717) is 6.61 Å². The first-order chi connectivity index (χ1) is 9.15. The van der Waals surface area contributed by atoms with Gasteiger partial charge in [0, 0.05) is 20.2 Å². The SMILES string of the molecule is COCc1nc(N2CCC(C(C)C)CC2)sc1CO. The highest BCUT2D eigenvalue weighted by atomic mass is 32.1. The fourth-order valence-electron chi connectivity index (χ4n) is 2.64. The van der Waals surface area contributed by atoms with Crippen molar-refractivity contribution in [2.75, 3.05) is 25.1 Å². The number of nitrogens with zero attached hydrogens (tertiary/aromatic N) is 2. The predicted molar refractivity (Wildman–Crippen MR) is 78.5 cm³/mol. The molecule has 2 rings (SSSR count). The van der Waals surface area contributed by atoms with Crippen molar-refractivity contribution in [1.29, 1.82) is 0 Å². The van der Waals surface area contributed by atoms with Crippen LogP contribution in [0.4, 0.5) is 5.13 Å². The van der Waals surface area contributed by atoms with E-state index in [1.807, 2.05) is 0 Å². The Morgan fingerprint density at radius 3 is 2.63 bits per heavy atom. The topological polar surface area (TPSA) is 45.6 Å². The zero-order chi connectivity index (χ0) is 13.8. The summed E-state index contributed by atoms with van der Waals surface area (Å²) in [5.74, 6) is 1.61. The summed E-state index contributed by atoms with van der Waals surface area (Å²) in [6.45, 7) is 7.31. The van der Waals surface area contributed by atoms with Gasteiger partial charge in [0.05, 0.1) is 23.8 Å². The molecule has 1 aliphatic heterocycles. The zero-order valence-electron chi connectivity index (χ0n) is 12.1. The van der Waals surface area contributed by atoms with Crippen LogP contribution < -0.4 is 4.90 Å². The van der Waals surface area contributed by atoms with E-state index in [4.69, 9.17) is 4.74 Å². The number of hydrogen-bond acceptors (Lipinski definition) is 5. The van der Waals surface area contributed by atoms with Crippen molar-refractivity contribution in [2.45, 2.75) is 39.9 Å². The zero-order valence-corrected chi connectivity index (χ0v) is 12.9. The van der Waals surface area contributed by atoms with Crippen LogP contribution in [-0.4, -0.2) is 30.3 Å². The van der Waals surface area contributed by atoms with Crippen LogP contribution in [0.5, 0.6) is 0 Å². The van der Waals surface area contributed by atoms with Crippen LogP contribution in [0.15, 0.2) is 0 Å². The maximum absolute atomic E-state index is 9.37. The van der Waals surface area contributed by atoms with Gasteiger partial charge in [-0.05, 0) is 24.7 Å². The fraction of sp³-hybridized carbons (Fsp3) is 0.786. The molecular formula is C14H24N2O2S. The third-order valence-corrected chi connectivity index (χ3v) is 5.09. The lowest BCUT2D eigenvalue weighted by molar-refractivity contribution is 0.179. The molecular weight excluding hydrogens is 260 g/mol. The van der Waals surface area contributed by atoms with Gasteiger partial charge >= 0.3 is 0 Å².